The van der Waals surface area contributed by atoms with Gasteiger partial charge in [0.25, 0.3) is 5.91 Å². The minimum Gasteiger partial charge on any atom is -0.334 e. The third-order valence-electron chi connectivity index (χ3n) is 4.59. The lowest BCUT2D eigenvalue weighted by Crippen LogP contribution is -2.28. The second-order valence-electron chi connectivity index (χ2n) is 7.20. The van der Waals surface area contributed by atoms with Crippen molar-refractivity contribution in [2.75, 3.05) is 10.6 Å². The monoisotopic (exact) mass is 460 g/mol. The summed E-state index contributed by atoms with van der Waals surface area (Å²) >= 11 is 7.05. The van der Waals surface area contributed by atoms with Gasteiger partial charge in [0, 0.05) is 17.3 Å². The topological polar surface area (TPSA) is 83.1 Å². The van der Waals surface area contributed by atoms with Crippen LogP contribution in [0.25, 0.3) is 0 Å². The van der Waals surface area contributed by atoms with Gasteiger partial charge in [-0.1, -0.05) is 46.7 Å². The predicted molar refractivity (Wildman–Crippen MR) is 123 cm³/mol. The highest BCUT2D eigenvalue weighted by Crippen LogP contribution is 2.27. The number of hydrogen-bond acceptors (Lipinski definition) is 4. The predicted octanol–water partition coefficient (Wildman–Crippen LogP) is 5.74. The molecule has 3 N–H and O–H groups in total. The second-order valence-corrected chi connectivity index (χ2v) is 8.61. The normalized spacial score (nSPS) is 10.6. The summed E-state index contributed by atoms with van der Waals surface area (Å²) < 4.78 is 13.1. The Hall–Kier alpha value is -2.97. The molecule has 0 aliphatic rings. The van der Waals surface area contributed by atoms with Gasteiger partial charge >= 0.3 is 6.03 Å². The smallest absolute Gasteiger partial charge is 0.321 e. The molecule has 0 unspecified atom stereocenters. The van der Waals surface area contributed by atoms with Crippen LogP contribution in [0, 0.1) is 33.5 Å². The van der Waals surface area contributed by atoms with Crippen molar-refractivity contribution in [2.45, 2.75) is 34.2 Å². The molecule has 0 aliphatic heterocycles. The Morgan fingerprint density at radius 1 is 1.06 bits per heavy atom. The Bertz CT molecular complexity index is 1140. The van der Waals surface area contributed by atoms with E-state index in [4.69, 9.17) is 11.6 Å². The highest BCUT2D eigenvalue weighted by atomic mass is 35.5. The summed E-state index contributed by atoms with van der Waals surface area (Å²) in [6.45, 7) is 7.72. The molecule has 1 heterocycles. The molecular formula is C22H22ClFN4O2S. The molecule has 0 spiro atoms. The highest BCUT2D eigenvalue weighted by molar-refractivity contribution is 7.17. The summed E-state index contributed by atoms with van der Waals surface area (Å²) in [5, 5.41) is 8.72. The van der Waals surface area contributed by atoms with Crippen molar-refractivity contribution in [3.05, 3.63) is 74.0 Å². The lowest BCUT2D eigenvalue weighted by atomic mass is 10.1. The van der Waals surface area contributed by atoms with Crippen molar-refractivity contribution in [3.63, 3.8) is 0 Å². The van der Waals surface area contributed by atoms with E-state index in [1.807, 2.05) is 32.9 Å². The molecule has 0 saturated heterocycles. The number of carbonyl (C=O) groups excluding carboxylic acids is 2. The number of aryl methyl sites for hydroxylation is 4. The Kier molecular flexibility index (Phi) is 6.92. The number of halogens is 2. The van der Waals surface area contributed by atoms with E-state index in [1.54, 1.807) is 6.92 Å². The SMILES string of the molecule is Cc1cc(C)c(NC(=O)c2sc(NC(=O)NCc3ccc(F)cc3Cl)nc2C)c(C)c1. The van der Waals surface area contributed by atoms with Gasteiger partial charge in [0.15, 0.2) is 5.13 Å². The first-order chi connectivity index (χ1) is 14.6. The third-order valence-corrected chi connectivity index (χ3v) is 6.02. The molecule has 162 valence electrons. The van der Waals surface area contributed by atoms with Crippen LogP contribution in [0.3, 0.4) is 0 Å². The quantitative estimate of drug-likeness (QED) is 0.453. The molecule has 0 fully saturated rings. The van der Waals surface area contributed by atoms with Gasteiger partial charge in [-0.05, 0) is 56.5 Å². The first kappa shape index (κ1) is 22.7. The minimum absolute atomic E-state index is 0.120. The number of benzene rings is 2. The molecule has 3 rings (SSSR count). The number of thiazole rings is 1. The number of aromatic nitrogens is 1. The number of hydrogen-bond donors (Lipinski definition) is 3. The molecule has 3 amide bonds. The fourth-order valence-corrected chi connectivity index (χ4v) is 4.28. The number of nitrogens with one attached hydrogen (secondary N) is 3. The maximum Gasteiger partial charge on any atom is 0.321 e. The lowest BCUT2D eigenvalue weighted by molar-refractivity contribution is 0.102. The van der Waals surface area contributed by atoms with E-state index < -0.39 is 11.8 Å². The highest BCUT2D eigenvalue weighted by Gasteiger charge is 2.18. The summed E-state index contributed by atoms with van der Waals surface area (Å²) in [6.07, 6.45) is 0. The molecular weight excluding hydrogens is 439 g/mol. The molecule has 0 atom stereocenters. The Morgan fingerprint density at radius 2 is 1.74 bits per heavy atom. The Balaban J connectivity index is 1.65. The van der Waals surface area contributed by atoms with Crippen LogP contribution < -0.4 is 16.0 Å². The summed E-state index contributed by atoms with van der Waals surface area (Å²) in [4.78, 5) is 29.7. The van der Waals surface area contributed by atoms with E-state index in [-0.39, 0.29) is 17.5 Å². The Labute approximate surface area is 188 Å². The molecule has 0 saturated carbocycles. The summed E-state index contributed by atoms with van der Waals surface area (Å²) in [7, 11) is 0. The van der Waals surface area contributed by atoms with E-state index in [0.29, 0.717) is 21.3 Å². The average molecular weight is 461 g/mol. The number of urea groups is 1. The van der Waals surface area contributed by atoms with Crippen LogP contribution in [0.2, 0.25) is 5.02 Å². The second kappa shape index (κ2) is 9.45. The largest absolute Gasteiger partial charge is 0.334 e. The number of nitrogens with zero attached hydrogens (tertiary/aromatic N) is 1. The summed E-state index contributed by atoms with van der Waals surface area (Å²) in [5.41, 5.74) is 4.95. The van der Waals surface area contributed by atoms with Crippen molar-refractivity contribution < 1.29 is 14.0 Å². The fraction of sp³-hybridized carbons (Fsp3) is 0.227. The van der Waals surface area contributed by atoms with E-state index >= 15 is 0 Å². The van der Waals surface area contributed by atoms with Crippen molar-refractivity contribution in [3.8, 4) is 0 Å². The molecule has 0 aliphatic carbocycles. The molecule has 0 radical (unpaired) electrons. The van der Waals surface area contributed by atoms with Crippen LogP contribution in [0.5, 0.6) is 0 Å². The lowest BCUT2D eigenvalue weighted by Gasteiger charge is -2.12. The molecule has 3 aromatic rings. The van der Waals surface area contributed by atoms with Crippen molar-refractivity contribution in [2.24, 2.45) is 0 Å². The van der Waals surface area contributed by atoms with Gasteiger partial charge in [0.05, 0.1) is 5.69 Å². The molecule has 31 heavy (non-hydrogen) atoms. The van der Waals surface area contributed by atoms with Gasteiger partial charge in [-0.25, -0.2) is 14.2 Å². The van der Waals surface area contributed by atoms with E-state index in [1.165, 1.54) is 18.2 Å². The van der Waals surface area contributed by atoms with Gasteiger partial charge < -0.3 is 10.6 Å². The van der Waals surface area contributed by atoms with E-state index in [0.717, 1.165) is 33.7 Å². The molecule has 0 bridgehead atoms. The van der Waals surface area contributed by atoms with Crippen LogP contribution in [-0.4, -0.2) is 16.9 Å². The molecule has 2 aromatic carbocycles. The number of anilines is 2. The number of rotatable bonds is 5. The van der Waals surface area contributed by atoms with Crippen LogP contribution >= 0.6 is 22.9 Å². The average Bonchev–Trinajstić information content (AvgIpc) is 3.04. The number of carbonyl (C=O) groups is 2. The van der Waals surface area contributed by atoms with Crippen molar-refractivity contribution >= 4 is 45.7 Å². The van der Waals surface area contributed by atoms with Crippen LogP contribution in [-0.2, 0) is 6.54 Å². The maximum absolute atomic E-state index is 13.1. The van der Waals surface area contributed by atoms with Gasteiger partial charge in [0.2, 0.25) is 0 Å². The van der Waals surface area contributed by atoms with Gasteiger partial charge in [-0.2, -0.15) is 0 Å². The van der Waals surface area contributed by atoms with E-state index in [2.05, 4.69) is 20.9 Å². The zero-order chi connectivity index (χ0) is 22.7. The molecule has 6 nitrogen and oxygen atoms in total. The first-order valence-corrected chi connectivity index (χ1v) is 10.7. The summed E-state index contributed by atoms with van der Waals surface area (Å²) in [6, 6.07) is 7.46. The van der Waals surface area contributed by atoms with Crippen LogP contribution in [0.15, 0.2) is 30.3 Å². The zero-order valence-corrected chi connectivity index (χ0v) is 19.1. The summed E-state index contributed by atoms with van der Waals surface area (Å²) in [5.74, 6) is -0.727. The van der Waals surface area contributed by atoms with Gasteiger partial charge in [0.1, 0.15) is 10.7 Å². The fourth-order valence-electron chi connectivity index (χ4n) is 3.19. The molecule has 1 aromatic heterocycles. The maximum atomic E-state index is 13.1. The standard InChI is InChI=1S/C22H22ClFN4O2S/c1-11-7-12(2)18(13(3)8-11)27-20(29)19-14(4)26-22(31-19)28-21(30)25-10-15-5-6-16(24)9-17(15)23/h5-9H,10H2,1-4H3,(H,27,29)(H2,25,26,28,30). The van der Waals surface area contributed by atoms with Crippen LogP contribution in [0.4, 0.5) is 20.0 Å². The van der Waals surface area contributed by atoms with Gasteiger partial charge in [-0.15, -0.1) is 0 Å². The Morgan fingerprint density at radius 3 is 2.39 bits per heavy atom. The van der Waals surface area contributed by atoms with Gasteiger partial charge in [-0.3, -0.25) is 10.1 Å². The zero-order valence-electron chi connectivity index (χ0n) is 17.5. The van der Waals surface area contributed by atoms with Crippen molar-refractivity contribution in [1.29, 1.82) is 0 Å². The van der Waals surface area contributed by atoms with Crippen LogP contribution in [0.1, 0.15) is 37.6 Å². The third kappa shape index (κ3) is 5.59. The first-order valence-electron chi connectivity index (χ1n) is 9.49. The van der Waals surface area contributed by atoms with Crippen molar-refractivity contribution in [1.82, 2.24) is 10.3 Å². The van der Waals surface area contributed by atoms with E-state index in [9.17, 15) is 14.0 Å². The molecule has 9 heteroatoms. The number of amides is 3. The minimum atomic E-state index is -0.508.